The number of aromatic nitrogens is 2. The number of carboxylic acids is 1. The van der Waals surface area contributed by atoms with Crippen LogP contribution in [0.1, 0.15) is 47.6 Å². The van der Waals surface area contributed by atoms with Crippen molar-refractivity contribution < 1.29 is 14.7 Å². The Bertz CT molecular complexity index is 1400. The molecule has 0 saturated heterocycles. The number of carbonyl (C=O) groups excluding carboxylic acids is 1. The summed E-state index contributed by atoms with van der Waals surface area (Å²) in [5, 5.41) is 11.7. The van der Waals surface area contributed by atoms with Crippen molar-refractivity contribution in [1.29, 1.82) is 0 Å². The van der Waals surface area contributed by atoms with E-state index in [4.69, 9.17) is 4.98 Å². The van der Waals surface area contributed by atoms with Crippen molar-refractivity contribution in [3.8, 4) is 0 Å². The highest BCUT2D eigenvalue weighted by molar-refractivity contribution is 9.10. The minimum atomic E-state index is -1.00. The summed E-state index contributed by atoms with van der Waals surface area (Å²) < 4.78 is 2.45. The van der Waals surface area contributed by atoms with Gasteiger partial charge in [0.05, 0.1) is 24.4 Å². The third-order valence-corrected chi connectivity index (χ3v) is 7.11. The molecule has 4 rings (SSSR count). The molecule has 0 saturated carbocycles. The summed E-state index contributed by atoms with van der Waals surface area (Å²) >= 11 is 4.75. The van der Waals surface area contributed by atoms with Crippen molar-refractivity contribution >= 4 is 49.4 Å². The molecule has 0 aliphatic rings. The molecular weight excluding hydrogens is 530 g/mol. The molecular formula is C26H24BrN3O4S. The zero-order valence-corrected chi connectivity index (χ0v) is 21.5. The lowest BCUT2D eigenvalue weighted by Crippen LogP contribution is -2.40. The van der Waals surface area contributed by atoms with Gasteiger partial charge in [0.25, 0.3) is 11.5 Å². The molecule has 2 heterocycles. The number of hydrogen-bond acceptors (Lipinski definition) is 5. The molecule has 1 N–H and O–H groups in total. The molecule has 1 amide bonds. The molecule has 0 spiro atoms. The molecule has 35 heavy (non-hydrogen) atoms. The van der Waals surface area contributed by atoms with E-state index < -0.39 is 12.0 Å². The van der Waals surface area contributed by atoms with Crippen LogP contribution in [-0.4, -0.2) is 38.0 Å². The predicted molar refractivity (Wildman–Crippen MR) is 140 cm³/mol. The number of benzene rings is 2. The van der Waals surface area contributed by atoms with Gasteiger partial charge in [-0.3, -0.25) is 19.0 Å². The summed E-state index contributed by atoms with van der Waals surface area (Å²) in [6.07, 6.45) is 0.239. The van der Waals surface area contributed by atoms with Gasteiger partial charge in [-0.25, -0.2) is 4.98 Å². The lowest BCUT2D eigenvalue weighted by molar-refractivity contribution is -0.137. The largest absolute Gasteiger partial charge is 0.481 e. The molecule has 0 bridgehead atoms. The van der Waals surface area contributed by atoms with Crippen LogP contribution in [0.4, 0.5) is 0 Å². The van der Waals surface area contributed by atoms with E-state index in [0.717, 1.165) is 10.0 Å². The second-order valence-corrected chi connectivity index (χ2v) is 9.87. The molecule has 2 aromatic heterocycles. The van der Waals surface area contributed by atoms with Crippen LogP contribution in [0.3, 0.4) is 0 Å². The molecule has 9 heteroatoms. The molecule has 4 aromatic rings. The van der Waals surface area contributed by atoms with Crippen LogP contribution in [0, 0.1) is 0 Å². The summed E-state index contributed by atoms with van der Waals surface area (Å²) in [5.74, 6) is -0.860. The minimum Gasteiger partial charge on any atom is -0.481 e. The summed E-state index contributed by atoms with van der Waals surface area (Å²) in [6.45, 7) is 2.20. The van der Waals surface area contributed by atoms with E-state index in [0.29, 0.717) is 34.6 Å². The number of thiophene rings is 1. The van der Waals surface area contributed by atoms with Gasteiger partial charge in [0.2, 0.25) is 0 Å². The van der Waals surface area contributed by atoms with Crippen LogP contribution in [0.25, 0.3) is 10.2 Å². The highest BCUT2D eigenvalue weighted by Crippen LogP contribution is 2.28. The van der Waals surface area contributed by atoms with Gasteiger partial charge in [-0.05, 0) is 47.7 Å². The third-order valence-electron chi connectivity index (χ3n) is 5.78. The zero-order chi connectivity index (χ0) is 24.9. The molecule has 0 aliphatic heterocycles. The highest BCUT2D eigenvalue weighted by Gasteiger charge is 2.30. The molecule has 1 atom stereocenters. The average Bonchev–Trinajstić information content (AvgIpc) is 3.33. The van der Waals surface area contributed by atoms with Gasteiger partial charge >= 0.3 is 5.97 Å². The molecule has 7 nitrogen and oxygen atoms in total. The Labute approximate surface area is 214 Å². The molecule has 0 aliphatic carbocycles. The van der Waals surface area contributed by atoms with Gasteiger partial charge in [0.1, 0.15) is 10.7 Å². The van der Waals surface area contributed by atoms with E-state index >= 15 is 0 Å². The minimum absolute atomic E-state index is 0.00752. The first-order valence-electron chi connectivity index (χ1n) is 11.2. The Morgan fingerprint density at radius 3 is 2.49 bits per heavy atom. The number of rotatable bonds is 9. The summed E-state index contributed by atoms with van der Waals surface area (Å²) in [6, 6.07) is 17.7. The number of carboxylic acid groups (broad SMARTS) is 1. The summed E-state index contributed by atoms with van der Waals surface area (Å²) in [5.41, 5.74) is 1.19. The second-order valence-electron chi connectivity index (χ2n) is 8.06. The van der Waals surface area contributed by atoms with E-state index in [-0.39, 0.29) is 24.4 Å². The van der Waals surface area contributed by atoms with Crippen LogP contribution in [0.2, 0.25) is 0 Å². The monoisotopic (exact) mass is 553 g/mol. The number of carbonyl (C=O) groups is 2. The smallest absolute Gasteiger partial charge is 0.305 e. The number of halogens is 1. The topological polar surface area (TPSA) is 92.5 Å². The lowest BCUT2D eigenvalue weighted by atomic mass is 10.1. The van der Waals surface area contributed by atoms with Crippen molar-refractivity contribution in [2.75, 3.05) is 6.54 Å². The molecule has 180 valence electrons. The Hall–Kier alpha value is -3.30. The van der Waals surface area contributed by atoms with Crippen molar-refractivity contribution in [2.24, 2.45) is 0 Å². The van der Waals surface area contributed by atoms with E-state index in [9.17, 15) is 19.5 Å². The van der Waals surface area contributed by atoms with E-state index in [2.05, 4.69) is 15.9 Å². The summed E-state index contributed by atoms with van der Waals surface area (Å²) in [4.78, 5) is 45.5. The number of aliphatic carboxylic acids is 1. The normalized spacial score (nSPS) is 11.9. The van der Waals surface area contributed by atoms with Gasteiger partial charge < -0.3 is 10.0 Å². The fraction of sp³-hybridized carbons (Fsp3) is 0.231. The van der Waals surface area contributed by atoms with Crippen LogP contribution in [-0.2, 0) is 11.3 Å². The number of amides is 1. The van der Waals surface area contributed by atoms with Gasteiger partial charge in [-0.2, -0.15) is 0 Å². The fourth-order valence-corrected chi connectivity index (χ4v) is 5.08. The standard InChI is InChI=1S/C26H24BrN3O4S/c1-2-21(29(14-12-22(31)32)25(33)18-8-10-19(27)11-9-18)23-28-24-20(13-15-35-24)26(34)30(23)16-17-6-4-3-5-7-17/h3-11,13,15,21H,2,12,14,16H2,1H3,(H,31,32). The molecule has 1 unspecified atom stereocenters. The van der Waals surface area contributed by atoms with Crippen LogP contribution >= 0.6 is 27.3 Å². The quantitative estimate of drug-likeness (QED) is 0.302. The highest BCUT2D eigenvalue weighted by atomic mass is 79.9. The van der Waals surface area contributed by atoms with Crippen LogP contribution in [0.5, 0.6) is 0 Å². The Morgan fingerprint density at radius 2 is 1.83 bits per heavy atom. The second kappa shape index (κ2) is 11.0. The van der Waals surface area contributed by atoms with Crippen molar-refractivity contribution in [2.45, 2.75) is 32.4 Å². The summed E-state index contributed by atoms with van der Waals surface area (Å²) in [7, 11) is 0. The third kappa shape index (κ3) is 5.52. The number of nitrogens with zero attached hydrogens (tertiary/aromatic N) is 3. The maximum absolute atomic E-state index is 13.6. The molecule has 0 fully saturated rings. The zero-order valence-electron chi connectivity index (χ0n) is 19.1. The van der Waals surface area contributed by atoms with Gasteiger partial charge in [0, 0.05) is 16.6 Å². The van der Waals surface area contributed by atoms with Crippen molar-refractivity contribution in [3.05, 3.63) is 97.8 Å². The lowest BCUT2D eigenvalue weighted by Gasteiger charge is -2.32. The number of fused-ring (bicyclic) bond motifs is 1. The van der Waals surface area contributed by atoms with E-state index in [1.54, 1.807) is 34.9 Å². The Morgan fingerprint density at radius 1 is 1.11 bits per heavy atom. The Kier molecular flexibility index (Phi) is 7.77. The fourth-order valence-electron chi connectivity index (χ4n) is 4.05. The first-order chi connectivity index (χ1) is 16.9. The van der Waals surface area contributed by atoms with E-state index in [1.807, 2.05) is 42.6 Å². The van der Waals surface area contributed by atoms with Crippen molar-refractivity contribution in [1.82, 2.24) is 14.5 Å². The van der Waals surface area contributed by atoms with Crippen LogP contribution in [0.15, 0.2) is 75.3 Å². The van der Waals surface area contributed by atoms with Gasteiger partial charge in [0.15, 0.2) is 0 Å². The average molecular weight is 554 g/mol. The van der Waals surface area contributed by atoms with Gasteiger partial charge in [-0.1, -0.05) is 53.2 Å². The van der Waals surface area contributed by atoms with Crippen LogP contribution < -0.4 is 5.56 Å². The first kappa shape index (κ1) is 24.8. The van der Waals surface area contributed by atoms with Gasteiger partial charge in [-0.15, -0.1) is 11.3 Å². The maximum atomic E-state index is 13.6. The maximum Gasteiger partial charge on any atom is 0.305 e. The first-order valence-corrected chi connectivity index (χ1v) is 12.9. The molecule has 2 aromatic carbocycles. The van der Waals surface area contributed by atoms with Crippen molar-refractivity contribution in [3.63, 3.8) is 0 Å². The van der Waals surface area contributed by atoms with E-state index in [1.165, 1.54) is 16.2 Å². The Balaban J connectivity index is 1.85. The predicted octanol–water partition coefficient (Wildman–Crippen LogP) is 5.34. The SMILES string of the molecule is CCC(c1nc2sccc2c(=O)n1Cc1ccccc1)N(CCC(=O)O)C(=O)c1ccc(Br)cc1. The molecule has 0 radical (unpaired) electrons. The number of hydrogen-bond donors (Lipinski definition) is 1.